The van der Waals surface area contributed by atoms with Crippen molar-refractivity contribution in [2.75, 3.05) is 51.3 Å². The van der Waals surface area contributed by atoms with E-state index < -0.39 is 0 Å². The molecule has 1 saturated carbocycles. The van der Waals surface area contributed by atoms with E-state index in [4.69, 9.17) is 4.74 Å². The number of rotatable bonds is 7. The molecular formula is C20H29N3O3. The fourth-order valence-corrected chi connectivity index (χ4v) is 3.56. The first kappa shape index (κ1) is 18.7. The first-order valence-corrected chi connectivity index (χ1v) is 9.47. The van der Waals surface area contributed by atoms with E-state index in [1.165, 1.54) is 11.3 Å². The second-order valence-electron chi connectivity index (χ2n) is 7.24. The number of aryl methyl sites for hydroxylation is 1. The molecule has 1 aliphatic heterocycles. The molecule has 3 rings (SSSR count). The van der Waals surface area contributed by atoms with E-state index in [1.807, 2.05) is 4.90 Å². The summed E-state index contributed by atoms with van der Waals surface area (Å²) in [4.78, 5) is 29.0. The average Bonchev–Trinajstić information content (AvgIpc) is 3.45. The van der Waals surface area contributed by atoms with Crippen molar-refractivity contribution in [1.82, 2.24) is 10.2 Å². The van der Waals surface area contributed by atoms with Gasteiger partial charge in [0, 0.05) is 52.1 Å². The van der Waals surface area contributed by atoms with Crippen LogP contribution in [0.3, 0.4) is 0 Å². The van der Waals surface area contributed by atoms with Crippen molar-refractivity contribution in [2.24, 2.45) is 11.8 Å². The van der Waals surface area contributed by atoms with Crippen molar-refractivity contribution in [3.63, 3.8) is 0 Å². The quantitative estimate of drug-likeness (QED) is 0.748. The van der Waals surface area contributed by atoms with Gasteiger partial charge in [-0.2, -0.15) is 0 Å². The second kappa shape index (κ2) is 8.54. The first-order chi connectivity index (χ1) is 12.6. The zero-order valence-corrected chi connectivity index (χ0v) is 15.7. The number of benzene rings is 1. The third-order valence-electron chi connectivity index (χ3n) is 5.23. The number of anilines is 1. The lowest BCUT2D eigenvalue weighted by Gasteiger charge is -2.36. The summed E-state index contributed by atoms with van der Waals surface area (Å²) in [5.41, 5.74) is 2.47. The van der Waals surface area contributed by atoms with Gasteiger partial charge in [0.05, 0.1) is 11.8 Å². The van der Waals surface area contributed by atoms with E-state index in [9.17, 15) is 9.59 Å². The van der Waals surface area contributed by atoms with Crippen molar-refractivity contribution in [1.29, 1.82) is 0 Å². The van der Waals surface area contributed by atoms with Crippen LogP contribution in [0.1, 0.15) is 18.4 Å². The monoisotopic (exact) mass is 359 g/mol. The van der Waals surface area contributed by atoms with Gasteiger partial charge in [-0.1, -0.05) is 12.1 Å². The smallest absolute Gasteiger partial charge is 0.226 e. The van der Waals surface area contributed by atoms with E-state index in [-0.39, 0.29) is 23.7 Å². The van der Waals surface area contributed by atoms with Gasteiger partial charge in [-0.3, -0.25) is 9.59 Å². The Kier molecular flexibility index (Phi) is 6.14. The molecule has 142 valence electrons. The van der Waals surface area contributed by atoms with Gasteiger partial charge in [0.15, 0.2) is 0 Å². The molecule has 2 unspecified atom stereocenters. The first-order valence-electron chi connectivity index (χ1n) is 9.47. The van der Waals surface area contributed by atoms with Gasteiger partial charge in [-0.25, -0.2) is 0 Å². The number of methoxy groups -OCH3 is 1. The van der Waals surface area contributed by atoms with Crippen LogP contribution in [-0.2, 0) is 14.3 Å². The predicted octanol–water partition coefficient (Wildman–Crippen LogP) is 1.43. The van der Waals surface area contributed by atoms with Crippen molar-refractivity contribution in [3.05, 3.63) is 29.8 Å². The standard InChI is InChI=1S/C20H29N3O3/c1-15-5-3-6-16(13-15)22-8-10-23(11-9-22)20(25)18-14-17(18)19(24)21-7-4-12-26-2/h3,5-6,13,17-18H,4,7-12,14H2,1-2H3,(H,21,24). The minimum absolute atomic E-state index is 0.0119. The van der Waals surface area contributed by atoms with Crippen molar-refractivity contribution >= 4 is 17.5 Å². The number of nitrogens with zero attached hydrogens (tertiary/aromatic N) is 2. The summed E-state index contributed by atoms with van der Waals surface area (Å²) < 4.78 is 4.97. The van der Waals surface area contributed by atoms with Crippen LogP contribution in [-0.4, -0.2) is 63.2 Å². The molecule has 1 heterocycles. The highest BCUT2D eigenvalue weighted by Crippen LogP contribution is 2.40. The molecule has 1 aromatic rings. The number of carbonyl (C=O) groups is 2. The third kappa shape index (κ3) is 4.55. The zero-order chi connectivity index (χ0) is 18.5. The Labute approximate surface area is 155 Å². The molecule has 2 amide bonds. The van der Waals surface area contributed by atoms with Gasteiger partial charge in [0.25, 0.3) is 0 Å². The zero-order valence-electron chi connectivity index (χ0n) is 15.7. The summed E-state index contributed by atoms with van der Waals surface area (Å²) in [6.45, 7) is 6.48. The van der Waals surface area contributed by atoms with Crippen LogP contribution < -0.4 is 10.2 Å². The minimum Gasteiger partial charge on any atom is -0.385 e. The van der Waals surface area contributed by atoms with Gasteiger partial charge in [-0.05, 0) is 37.5 Å². The van der Waals surface area contributed by atoms with Crippen LogP contribution in [0.5, 0.6) is 0 Å². The maximum Gasteiger partial charge on any atom is 0.226 e. The number of piperazine rings is 1. The highest BCUT2D eigenvalue weighted by Gasteiger charge is 2.49. The van der Waals surface area contributed by atoms with Crippen molar-refractivity contribution in [3.8, 4) is 0 Å². The van der Waals surface area contributed by atoms with E-state index >= 15 is 0 Å². The van der Waals surface area contributed by atoms with E-state index in [0.29, 0.717) is 19.6 Å². The number of hydrogen-bond acceptors (Lipinski definition) is 4. The van der Waals surface area contributed by atoms with Gasteiger partial charge in [0.1, 0.15) is 0 Å². The maximum atomic E-state index is 12.7. The molecule has 0 radical (unpaired) electrons. The molecular weight excluding hydrogens is 330 g/mol. The molecule has 2 aliphatic rings. The van der Waals surface area contributed by atoms with Gasteiger partial charge < -0.3 is 19.9 Å². The summed E-state index contributed by atoms with van der Waals surface area (Å²) in [5.74, 6) is -0.105. The second-order valence-corrected chi connectivity index (χ2v) is 7.24. The molecule has 2 atom stereocenters. The molecule has 1 saturated heterocycles. The fraction of sp³-hybridized carbons (Fsp3) is 0.600. The Morgan fingerprint density at radius 3 is 2.65 bits per heavy atom. The number of amides is 2. The van der Waals surface area contributed by atoms with Crippen LogP contribution in [0.4, 0.5) is 5.69 Å². The lowest BCUT2D eigenvalue weighted by atomic mass is 10.2. The number of nitrogens with one attached hydrogen (secondary N) is 1. The summed E-state index contributed by atoms with van der Waals surface area (Å²) >= 11 is 0. The predicted molar refractivity (Wildman–Crippen MR) is 101 cm³/mol. The van der Waals surface area contributed by atoms with Gasteiger partial charge >= 0.3 is 0 Å². The molecule has 1 N–H and O–H groups in total. The molecule has 1 aliphatic carbocycles. The Hall–Kier alpha value is -2.08. The number of carbonyl (C=O) groups excluding carboxylic acids is 2. The topological polar surface area (TPSA) is 61.9 Å². The minimum atomic E-state index is -0.139. The van der Waals surface area contributed by atoms with Crippen molar-refractivity contribution < 1.29 is 14.3 Å². The lowest BCUT2D eigenvalue weighted by molar-refractivity contribution is -0.135. The molecule has 2 fully saturated rings. The van der Waals surface area contributed by atoms with Crippen LogP contribution in [0.15, 0.2) is 24.3 Å². The Morgan fingerprint density at radius 2 is 1.96 bits per heavy atom. The average molecular weight is 359 g/mol. The van der Waals surface area contributed by atoms with E-state index in [2.05, 4.69) is 41.4 Å². The molecule has 0 spiro atoms. The Bertz CT molecular complexity index is 641. The van der Waals surface area contributed by atoms with E-state index in [1.54, 1.807) is 7.11 Å². The Morgan fingerprint density at radius 1 is 1.19 bits per heavy atom. The SMILES string of the molecule is COCCCNC(=O)C1CC1C(=O)N1CCN(c2cccc(C)c2)CC1. The van der Waals surface area contributed by atoms with Crippen molar-refractivity contribution in [2.45, 2.75) is 19.8 Å². The third-order valence-corrected chi connectivity index (χ3v) is 5.23. The largest absolute Gasteiger partial charge is 0.385 e. The highest BCUT2D eigenvalue weighted by molar-refractivity contribution is 5.92. The van der Waals surface area contributed by atoms with Gasteiger partial charge in [-0.15, -0.1) is 0 Å². The van der Waals surface area contributed by atoms with E-state index in [0.717, 1.165) is 32.6 Å². The van der Waals surface area contributed by atoms with Crippen LogP contribution in [0, 0.1) is 18.8 Å². The Balaban J connectivity index is 1.42. The van der Waals surface area contributed by atoms with Crippen LogP contribution in [0.2, 0.25) is 0 Å². The number of hydrogen-bond donors (Lipinski definition) is 1. The molecule has 6 heteroatoms. The molecule has 26 heavy (non-hydrogen) atoms. The summed E-state index contributed by atoms with van der Waals surface area (Å²) in [5, 5.41) is 2.90. The maximum absolute atomic E-state index is 12.7. The van der Waals surface area contributed by atoms with Crippen LogP contribution in [0.25, 0.3) is 0 Å². The molecule has 1 aromatic carbocycles. The number of ether oxygens (including phenoxy) is 1. The highest BCUT2D eigenvalue weighted by atomic mass is 16.5. The summed E-state index contributed by atoms with van der Waals surface area (Å²) in [6, 6.07) is 8.47. The molecule has 0 aromatic heterocycles. The molecule has 0 bridgehead atoms. The summed E-state index contributed by atoms with van der Waals surface area (Å²) in [6.07, 6.45) is 1.49. The normalized spacial score (nSPS) is 22.2. The lowest BCUT2D eigenvalue weighted by Crippen LogP contribution is -2.49. The fourth-order valence-electron chi connectivity index (χ4n) is 3.56. The molecule has 6 nitrogen and oxygen atoms in total. The van der Waals surface area contributed by atoms with Gasteiger partial charge in [0.2, 0.25) is 11.8 Å². The summed E-state index contributed by atoms with van der Waals surface area (Å²) in [7, 11) is 1.65. The van der Waals surface area contributed by atoms with Crippen LogP contribution >= 0.6 is 0 Å².